The second-order valence-corrected chi connectivity index (χ2v) is 4.30. The Balaban J connectivity index is 1.85. The Kier molecular flexibility index (Phi) is 3.56. The fraction of sp³-hybridized carbons (Fsp3) is 0.0667. The van der Waals surface area contributed by atoms with Crippen molar-refractivity contribution in [1.82, 2.24) is 19.7 Å². The molecule has 0 aliphatic carbocycles. The summed E-state index contributed by atoms with van der Waals surface area (Å²) in [5.41, 5.74) is 1.48. The quantitative estimate of drug-likeness (QED) is 0.789. The fourth-order valence-electron chi connectivity index (χ4n) is 1.98. The number of hydrogen-bond donors (Lipinski definition) is 1. The number of pyridine rings is 2. The van der Waals surface area contributed by atoms with E-state index >= 15 is 0 Å². The van der Waals surface area contributed by atoms with E-state index in [9.17, 15) is 0 Å². The van der Waals surface area contributed by atoms with Gasteiger partial charge in [0.2, 0.25) is 0 Å². The van der Waals surface area contributed by atoms with Crippen molar-refractivity contribution < 1.29 is 0 Å². The Hall–Kier alpha value is -3.20. The first-order valence-corrected chi connectivity index (χ1v) is 6.41. The Morgan fingerprint density at radius 1 is 1.10 bits per heavy atom. The molecule has 3 aromatic heterocycles. The van der Waals surface area contributed by atoms with Crippen LogP contribution >= 0.6 is 0 Å². The van der Waals surface area contributed by atoms with Gasteiger partial charge >= 0.3 is 0 Å². The molecule has 0 aromatic carbocycles. The predicted molar refractivity (Wildman–Crippen MR) is 77.6 cm³/mol. The van der Waals surface area contributed by atoms with E-state index in [1.54, 1.807) is 35.4 Å². The lowest BCUT2D eigenvalue weighted by molar-refractivity contribution is 0.828. The molecule has 0 amide bonds. The summed E-state index contributed by atoms with van der Waals surface area (Å²) >= 11 is 0. The minimum atomic E-state index is 0.509. The lowest BCUT2D eigenvalue weighted by atomic mass is 10.2. The van der Waals surface area contributed by atoms with Crippen molar-refractivity contribution in [3.05, 3.63) is 66.2 Å². The predicted octanol–water partition coefficient (Wildman–Crippen LogP) is 2.15. The van der Waals surface area contributed by atoms with Crippen molar-refractivity contribution >= 4 is 5.82 Å². The van der Waals surface area contributed by atoms with Gasteiger partial charge in [0.1, 0.15) is 11.9 Å². The molecule has 0 atom stereocenters. The molecule has 6 nitrogen and oxygen atoms in total. The van der Waals surface area contributed by atoms with E-state index in [0.29, 0.717) is 17.9 Å². The van der Waals surface area contributed by atoms with E-state index in [2.05, 4.69) is 26.5 Å². The molecule has 0 unspecified atom stereocenters. The fourth-order valence-corrected chi connectivity index (χ4v) is 1.98. The van der Waals surface area contributed by atoms with Crippen LogP contribution in [0.25, 0.3) is 5.82 Å². The van der Waals surface area contributed by atoms with Crippen LogP contribution in [0.4, 0.5) is 5.82 Å². The Labute approximate surface area is 121 Å². The van der Waals surface area contributed by atoms with Crippen LogP contribution in [0.1, 0.15) is 11.1 Å². The van der Waals surface area contributed by atoms with Gasteiger partial charge in [0.25, 0.3) is 0 Å². The summed E-state index contributed by atoms with van der Waals surface area (Å²) in [7, 11) is 0. The SMILES string of the molecule is N#Cc1cccnc1NCc1cccnc1-n1cccn1. The third-order valence-corrected chi connectivity index (χ3v) is 2.96. The highest BCUT2D eigenvalue weighted by molar-refractivity contribution is 5.52. The van der Waals surface area contributed by atoms with Crippen LogP contribution in [-0.2, 0) is 6.54 Å². The number of nitrogens with one attached hydrogen (secondary N) is 1. The minimum Gasteiger partial charge on any atom is -0.365 e. The average molecular weight is 276 g/mol. The first-order valence-electron chi connectivity index (χ1n) is 6.41. The van der Waals surface area contributed by atoms with E-state index in [1.807, 2.05) is 24.4 Å². The highest BCUT2D eigenvalue weighted by Gasteiger charge is 2.07. The molecule has 21 heavy (non-hydrogen) atoms. The second kappa shape index (κ2) is 5.84. The molecule has 0 aliphatic heterocycles. The van der Waals surface area contributed by atoms with E-state index in [4.69, 9.17) is 5.26 Å². The van der Waals surface area contributed by atoms with Gasteiger partial charge in [0.05, 0.1) is 5.56 Å². The molecule has 0 radical (unpaired) electrons. The first kappa shape index (κ1) is 12.8. The summed E-state index contributed by atoms with van der Waals surface area (Å²) in [6.07, 6.45) is 6.93. The molecule has 0 bridgehead atoms. The minimum absolute atomic E-state index is 0.509. The zero-order valence-electron chi connectivity index (χ0n) is 11.1. The van der Waals surface area contributed by atoms with Crippen LogP contribution in [0.3, 0.4) is 0 Å². The molecule has 102 valence electrons. The zero-order chi connectivity index (χ0) is 14.5. The van der Waals surface area contributed by atoms with E-state index in [-0.39, 0.29) is 0 Å². The monoisotopic (exact) mass is 276 g/mol. The number of hydrogen-bond acceptors (Lipinski definition) is 5. The van der Waals surface area contributed by atoms with Crippen molar-refractivity contribution in [2.24, 2.45) is 0 Å². The lowest BCUT2D eigenvalue weighted by Gasteiger charge is -2.10. The van der Waals surface area contributed by atoms with Crippen molar-refractivity contribution in [1.29, 1.82) is 5.26 Å². The smallest absolute Gasteiger partial charge is 0.158 e. The molecule has 6 heteroatoms. The molecule has 0 saturated heterocycles. The molecule has 3 rings (SSSR count). The molecular weight excluding hydrogens is 264 g/mol. The van der Waals surface area contributed by atoms with Crippen molar-refractivity contribution in [3.8, 4) is 11.9 Å². The summed E-state index contributed by atoms with van der Waals surface area (Å²) in [5, 5.41) is 16.4. The average Bonchev–Trinajstić information content (AvgIpc) is 3.08. The molecule has 0 spiro atoms. The third-order valence-electron chi connectivity index (χ3n) is 2.96. The van der Waals surface area contributed by atoms with Gasteiger partial charge in [0.15, 0.2) is 5.82 Å². The van der Waals surface area contributed by atoms with Crippen molar-refractivity contribution in [3.63, 3.8) is 0 Å². The topological polar surface area (TPSA) is 79.4 Å². The van der Waals surface area contributed by atoms with E-state index < -0.39 is 0 Å². The molecule has 0 fully saturated rings. The summed E-state index contributed by atoms with van der Waals surface area (Å²) in [6, 6.07) is 11.3. The van der Waals surface area contributed by atoms with Crippen molar-refractivity contribution in [2.75, 3.05) is 5.32 Å². The van der Waals surface area contributed by atoms with Gasteiger partial charge in [-0.15, -0.1) is 0 Å². The molecule has 0 aliphatic rings. The van der Waals surface area contributed by atoms with Gasteiger partial charge in [-0.05, 0) is 24.3 Å². The van der Waals surface area contributed by atoms with E-state index in [0.717, 1.165) is 11.4 Å². The van der Waals surface area contributed by atoms with Gasteiger partial charge in [-0.1, -0.05) is 6.07 Å². The molecular formula is C15H12N6. The largest absolute Gasteiger partial charge is 0.365 e. The highest BCUT2D eigenvalue weighted by atomic mass is 15.3. The summed E-state index contributed by atoms with van der Waals surface area (Å²) in [5.74, 6) is 1.32. The van der Waals surface area contributed by atoms with Crippen molar-refractivity contribution in [2.45, 2.75) is 6.54 Å². The van der Waals surface area contributed by atoms with Crippen LogP contribution < -0.4 is 5.32 Å². The maximum Gasteiger partial charge on any atom is 0.158 e. The van der Waals surface area contributed by atoms with Gasteiger partial charge in [0, 0.05) is 36.9 Å². The van der Waals surface area contributed by atoms with Gasteiger partial charge in [-0.25, -0.2) is 14.6 Å². The van der Waals surface area contributed by atoms with Crippen LogP contribution in [0.5, 0.6) is 0 Å². The maximum atomic E-state index is 9.06. The summed E-state index contributed by atoms with van der Waals surface area (Å²) in [4.78, 5) is 8.53. The van der Waals surface area contributed by atoms with E-state index in [1.165, 1.54) is 0 Å². The Morgan fingerprint density at radius 3 is 2.76 bits per heavy atom. The maximum absolute atomic E-state index is 9.06. The van der Waals surface area contributed by atoms with Gasteiger partial charge in [-0.2, -0.15) is 10.4 Å². The van der Waals surface area contributed by atoms with Crippen LogP contribution in [-0.4, -0.2) is 19.7 Å². The molecule has 1 N–H and O–H groups in total. The van der Waals surface area contributed by atoms with Gasteiger partial charge in [-0.3, -0.25) is 0 Å². The molecule has 0 saturated carbocycles. The number of rotatable bonds is 4. The van der Waals surface area contributed by atoms with Gasteiger partial charge < -0.3 is 5.32 Å². The molecule has 3 aromatic rings. The Bertz CT molecular complexity index is 773. The lowest BCUT2D eigenvalue weighted by Crippen LogP contribution is -2.08. The highest BCUT2D eigenvalue weighted by Crippen LogP contribution is 2.14. The second-order valence-electron chi connectivity index (χ2n) is 4.30. The summed E-state index contributed by atoms with van der Waals surface area (Å²) in [6.45, 7) is 0.509. The number of nitrogens with zero attached hydrogens (tertiary/aromatic N) is 5. The standard InChI is InChI=1S/C15H12N6/c16-10-12-4-1-6-17-14(12)19-11-13-5-2-7-18-15(13)21-9-3-8-20-21/h1-9H,11H2,(H,17,19). The zero-order valence-corrected chi connectivity index (χ0v) is 11.1. The number of aromatic nitrogens is 4. The van der Waals surface area contributed by atoms with Crippen LogP contribution in [0.2, 0.25) is 0 Å². The summed E-state index contributed by atoms with van der Waals surface area (Å²) < 4.78 is 1.71. The normalized spacial score (nSPS) is 10.0. The number of nitriles is 1. The van der Waals surface area contributed by atoms with Crippen LogP contribution in [0, 0.1) is 11.3 Å². The molecule has 3 heterocycles. The van der Waals surface area contributed by atoms with Crippen LogP contribution in [0.15, 0.2) is 55.1 Å². The first-order chi connectivity index (χ1) is 10.4. The third kappa shape index (κ3) is 2.72. The number of anilines is 1. The Morgan fingerprint density at radius 2 is 1.95 bits per heavy atom.